The van der Waals surface area contributed by atoms with E-state index in [1.807, 2.05) is 49.9 Å². The van der Waals surface area contributed by atoms with Gasteiger partial charge < -0.3 is 15.4 Å². The van der Waals surface area contributed by atoms with Gasteiger partial charge in [-0.2, -0.15) is 0 Å². The van der Waals surface area contributed by atoms with Gasteiger partial charge in [-0.1, -0.05) is 64.1 Å². The molecule has 2 rings (SSSR count). The summed E-state index contributed by atoms with van der Waals surface area (Å²) in [6, 6.07) is 12.7. The summed E-state index contributed by atoms with van der Waals surface area (Å²) >= 11 is 6.87. The lowest BCUT2D eigenvalue weighted by molar-refractivity contribution is 0.0957. The van der Waals surface area contributed by atoms with E-state index in [2.05, 4.69) is 17.6 Å². The van der Waals surface area contributed by atoms with Crippen molar-refractivity contribution in [3.8, 4) is 5.75 Å². The van der Waals surface area contributed by atoms with Crippen molar-refractivity contribution in [2.24, 2.45) is 0 Å². The number of hydrogen-bond donors (Lipinski definition) is 2. The summed E-state index contributed by atoms with van der Waals surface area (Å²) in [6.45, 7) is 8.18. The minimum Gasteiger partial charge on any atom is -0.489 e. The molecule has 2 aromatic carbocycles. The third-order valence-electron chi connectivity index (χ3n) is 5.73. The van der Waals surface area contributed by atoms with Crippen molar-refractivity contribution in [2.45, 2.75) is 90.1 Å². The Labute approximate surface area is 232 Å². The summed E-state index contributed by atoms with van der Waals surface area (Å²) in [5.41, 5.74) is 1.44. The zero-order chi connectivity index (χ0) is 27.0. The second-order valence-electron chi connectivity index (χ2n) is 9.56. The number of rotatable bonds is 17. The number of benzene rings is 2. The smallest absolute Gasteiger partial charge is 0.255 e. The van der Waals surface area contributed by atoms with Gasteiger partial charge in [0.2, 0.25) is 0 Å². The molecule has 0 radical (unpaired) electrons. The van der Waals surface area contributed by atoms with Gasteiger partial charge in [-0.3, -0.25) is 9.59 Å². The van der Waals surface area contributed by atoms with Crippen LogP contribution in [0.1, 0.15) is 99.8 Å². The molecule has 0 heterocycles. The Morgan fingerprint density at radius 1 is 0.892 bits per heavy atom. The van der Waals surface area contributed by atoms with E-state index >= 15 is 0 Å². The van der Waals surface area contributed by atoms with E-state index in [1.165, 1.54) is 51.4 Å². The molecule has 0 unspecified atom stereocenters. The second kappa shape index (κ2) is 17.2. The van der Waals surface area contributed by atoms with Gasteiger partial charge >= 0.3 is 0 Å². The number of carbonyl (C=O) groups is 2. The number of amides is 2. The van der Waals surface area contributed by atoms with Gasteiger partial charge in [-0.25, -0.2) is 0 Å². The Morgan fingerprint density at radius 2 is 1.51 bits per heavy atom. The lowest BCUT2D eigenvalue weighted by Gasteiger charge is -2.16. The quantitative estimate of drug-likeness (QED) is 0.120. The SMILES string of the molecule is CCCCCCCCCCSc1ccc(C(=O)Nc2cc(C(=O)NCC(C)=S)ccc2OC(C)C)cc1. The van der Waals surface area contributed by atoms with Crippen LogP contribution in [0.3, 0.4) is 0 Å². The van der Waals surface area contributed by atoms with Crippen molar-refractivity contribution in [1.29, 1.82) is 0 Å². The highest BCUT2D eigenvalue weighted by Crippen LogP contribution is 2.28. The monoisotopic (exact) mass is 542 g/mol. The van der Waals surface area contributed by atoms with Crippen molar-refractivity contribution in [1.82, 2.24) is 5.32 Å². The number of carbonyl (C=O) groups excluding carboxylic acids is 2. The molecular weight excluding hydrogens is 500 g/mol. The largest absolute Gasteiger partial charge is 0.489 e. The highest BCUT2D eigenvalue weighted by molar-refractivity contribution is 7.99. The number of thiocarbonyl (C=S) groups is 1. The van der Waals surface area contributed by atoms with Gasteiger partial charge in [-0.05, 0) is 75.4 Å². The highest BCUT2D eigenvalue weighted by atomic mass is 32.2. The Kier molecular flexibility index (Phi) is 14.3. The van der Waals surface area contributed by atoms with Crippen LogP contribution < -0.4 is 15.4 Å². The molecule has 0 aliphatic carbocycles. The van der Waals surface area contributed by atoms with Crippen LogP contribution in [-0.4, -0.2) is 35.1 Å². The van der Waals surface area contributed by atoms with E-state index in [0.29, 0.717) is 34.0 Å². The van der Waals surface area contributed by atoms with Crippen LogP contribution in [0.25, 0.3) is 0 Å². The molecule has 202 valence electrons. The fourth-order valence-electron chi connectivity index (χ4n) is 3.76. The van der Waals surface area contributed by atoms with Crippen LogP contribution in [-0.2, 0) is 0 Å². The van der Waals surface area contributed by atoms with E-state index in [1.54, 1.807) is 25.1 Å². The lowest BCUT2D eigenvalue weighted by atomic mass is 10.1. The molecule has 2 aromatic rings. The normalized spacial score (nSPS) is 10.8. The van der Waals surface area contributed by atoms with E-state index in [0.717, 1.165) is 10.6 Å². The van der Waals surface area contributed by atoms with Crippen LogP contribution in [0.15, 0.2) is 47.4 Å². The first kappa shape index (κ1) is 30.8. The minimum absolute atomic E-state index is 0.0786. The average Bonchev–Trinajstić information content (AvgIpc) is 2.87. The maximum Gasteiger partial charge on any atom is 0.255 e. The average molecular weight is 543 g/mol. The van der Waals surface area contributed by atoms with Crippen LogP contribution in [0.5, 0.6) is 5.75 Å². The highest BCUT2D eigenvalue weighted by Gasteiger charge is 2.15. The fraction of sp³-hybridized carbons (Fsp3) is 0.500. The molecule has 7 heteroatoms. The zero-order valence-electron chi connectivity index (χ0n) is 22.7. The molecular formula is C30H42N2O3S2. The summed E-state index contributed by atoms with van der Waals surface area (Å²) < 4.78 is 5.86. The van der Waals surface area contributed by atoms with Crippen LogP contribution in [0.4, 0.5) is 5.69 Å². The van der Waals surface area contributed by atoms with Crippen molar-refractivity contribution >= 4 is 46.3 Å². The Hall–Kier alpha value is -2.38. The number of thioether (sulfide) groups is 1. The first-order chi connectivity index (χ1) is 17.8. The number of nitrogens with one attached hydrogen (secondary N) is 2. The third-order valence-corrected chi connectivity index (χ3v) is 6.98. The Balaban J connectivity index is 1.92. The van der Waals surface area contributed by atoms with Gasteiger partial charge in [0.25, 0.3) is 11.8 Å². The van der Waals surface area contributed by atoms with Gasteiger partial charge in [0, 0.05) is 27.4 Å². The van der Waals surface area contributed by atoms with Crippen molar-refractivity contribution in [2.75, 3.05) is 17.6 Å². The maximum atomic E-state index is 13.0. The van der Waals surface area contributed by atoms with Crippen molar-refractivity contribution in [3.05, 3.63) is 53.6 Å². The van der Waals surface area contributed by atoms with Gasteiger partial charge in [0.1, 0.15) is 5.75 Å². The molecule has 2 N–H and O–H groups in total. The molecule has 0 fully saturated rings. The molecule has 0 spiro atoms. The molecule has 0 aliphatic heterocycles. The molecule has 0 atom stereocenters. The summed E-state index contributed by atoms with van der Waals surface area (Å²) in [6.07, 6.45) is 10.5. The first-order valence-corrected chi connectivity index (χ1v) is 14.8. The predicted octanol–water partition coefficient (Wildman–Crippen LogP) is 8.08. The first-order valence-electron chi connectivity index (χ1n) is 13.4. The summed E-state index contributed by atoms with van der Waals surface area (Å²) in [5.74, 6) is 1.10. The number of unbranched alkanes of at least 4 members (excludes halogenated alkanes) is 7. The fourth-order valence-corrected chi connectivity index (χ4v) is 4.74. The summed E-state index contributed by atoms with van der Waals surface area (Å²) in [4.78, 5) is 27.4. The zero-order valence-corrected chi connectivity index (χ0v) is 24.4. The molecule has 0 bridgehead atoms. The summed E-state index contributed by atoms with van der Waals surface area (Å²) in [7, 11) is 0. The van der Waals surface area contributed by atoms with Crippen molar-refractivity contribution < 1.29 is 14.3 Å². The van der Waals surface area contributed by atoms with Gasteiger partial charge in [0.05, 0.1) is 11.8 Å². The molecule has 0 saturated carbocycles. The molecule has 0 aromatic heterocycles. The Bertz CT molecular complexity index is 1010. The van der Waals surface area contributed by atoms with E-state index in [4.69, 9.17) is 17.0 Å². The number of hydrogen-bond acceptors (Lipinski definition) is 5. The Morgan fingerprint density at radius 3 is 2.14 bits per heavy atom. The molecule has 2 amide bonds. The lowest BCUT2D eigenvalue weighted by Crippen LogP contribution is -2.27. The second-order valence-corrected chi connectivity index (χ2v) is 11.4. The maximum absolute atomic E-state index is 13.0. The van der Waals surface area contributed by atoms with Crippen LogP contribution in [0, 0.1) is 0 Å². The standard InChI is InChI=1S/C30H42N2O3S2/c1-5-6-7-8-9-10-11-12-19-37-26-16-13-24(14-17-26)30(34)32-27-20-25(29(33)31-21-23(4)36)15-18-28(27)35-22(2)3/h13-18,20,22H,5-12,19,21H2,1-4H3,(H,31,33)(H,32,34). The van der Waals surface area contributed by atoms with Crippen LogP contribution >= 0.6 is 24.0 Å². The summed E-state index contributed by atoms with van der Waals surface area (Å²) in [5, 5.41) is 5.70. The van der Waals surface area contributed by atoms with Crippen LogP contribution in [0.2, 0.25) is 0 Å². The number of ether oxygens (including phenoxy) is 1. The predicted molar refractivity (Wildman–Crippen MR) is 161 cm³/mol. The van der Waals surface area contributed by atoms with E-state index in [9.17, 15) is 9.59 Å². The molecule has 37 heavy (non-hydrogen) atoms. The molecule has 0 aliphatic rings. The van der Waals surface area contributed by atoms with E-state index in [-0.39, 0.29) is 17.9 Å². The van der Waals surface area contributed by atoms with E-state index < -0.39 is 0 Å². The van der Waals surface area contributed by atoms with Gasteiger partial charge in [0.15, 0.2) is 0 Å². The van der Waals surface area contributed by atoms with Gasteiger partial charge in [-0.15, -0.1) is 11.8 Å². The molecule has 5 nitrogen and oxygen atoms in total. The van der Waals surface area contributed by atoms with Crippen molar-refractivity contribution in [3.63, 3.8) is 0 Å². The third kappa shape index (κ3) is 12.1. The minimum atomic E-state index is -0.256. The topological polar surface area (TPSA) is 67.4 Å². The number of anilines is 1. The molecule has 0 saturated heterocycles.